The van der Waals surface area contributed by atoms with Crippen LogP contribution in [0.2, 0.25) is 0 Å². The fourth-order valence-electron chi connectivity index (χ4n) is 9.32. The third-order valence-electron chi connectivity index (χ3n) is 11.3. The molecule has 2 aromatic carbocycles. The minimum absolute atomic E-state index is 0.113. The lowest BCUT2D eigenvalue weighted by Gasteiger charge is -2.58. The van der Waals surface area contributed by atoms with Gasteiger partial charge in [-0.05, 0) is 109 Å². The van der Waals surface area contributed by atoms with Crippen LogP contribution in [0.3, 0.4) is 0 Å². The number of aliphatic hydroxyl groups is 1. The van der Waals surface area contributed by atoms with Crippen LogP contribution >= 0.6 is 0 Å². The van der Waals surface area contributed by atoms with Crippen LogP contribution in [0.25, 0.3) is 5.57 Å². The van der Waals surface area contributed by atoms with Gasteiger partial charge >= 0.3 is 0 Å². The Morgan fingerprint density at radius 3 is 2.16 bits per heavy atom. The normalized spacial score (nSPS) is 37.1. The highest BCUT2D eigenvalue weighted by molar-refractivity contribution is 5.80. The largest absolute Gasteiger partial charge is 0.393 e. The summed E-state index contributed by atoms with van der Waals surface area (Å²) in [6.07, 6.45) is 17.0. The molecule has 194 valence electrons. The first-order chi connectivity index (χ1) is 17.9. The second-order valence-electron chi connectivity index (χ2n) is 13.1. The van der Waals surface area contributed by atoms with E-state index in [1.807, 2.05) is 0 Å². The van der Waals surface area contributed by atoms with E-state index in [0.29, 0.717) is 16.7 Å². The highest BCUT2D eigenvalue weighted by atomic mass is 16.3. The van der Waals surface area contributed by atoms with Crippen LogP contribution in [0.1, 0.15) is 83.3 Å². The SMILES string of the molecule is CC(=CC=C(c1ccccc1)c1ccccc1)[C@@H]1CC[C@@H]2[C@@H]3CC=C4C[C@@H](O)CC[C@]4(C)[C@@H]3CC[C@@]21C. The summed E-state index contributed by atoms with van der Waals surface area (Å²) in [5.41, 5.74) is 7.75. The lowest BCUT2D eigenvalue weighted by molar-refractivity contribution is -0.0454. The van der Waals surface area contributed by atoms with Crippen LogP contribution in [0.4, 0.5) is 0 Å². The standard InChI is InChI=1S/C36H44O/c1-25(14-16-30(26-10-6-4-7-11-26)27-12-8-5-9-13-27)32-18-19-33-31-17-15-28-24-29(37)20-22-35(28,2)34(31)21-23-36(32,33)3/h4-16,29,31-34,37H,17-24H2,1-3H3/t29-,31-,32-,33+,34+,35-,36+/m0/s1. The minimum Gasteiger partial charge on any atom is -0.393 e. The van der Waals surface area contributed by atoms with Gasteiger partial charge in [-0.2, -0.15) is 0 Å². The number of aliphatic hydroxyl groups excluding tert-OH is 1. The molecule has 0 unspecified atom stereocenters. The molecular weight excluding hydrogens is 448 g/mol. The smallest absolute Gasteiger partial charge is 0.0577 e. The van der Waals surface area contributed by atoms with Gasteiger partial charge in [0.05, 0.1) is 6.10 Å². The Labute approximate surface area is 224 Å². The van der Waals surface area contributed by atoms with Crippen molar-refractivity contribution in [2.45, 2.75) is 78.2 Å². The van der Waals surface area contributed by atoms with Gasteiger partial charge in [0.25, 0.3) is 0 Å². The second-order valence-corrected chi connectivity index (χ2v) is 13.1. The van der Waals surface area contributed by atoms with Crippen LogP contribution < -0.4 is 0 Å². The lowest BCUT2D eigenvalue weighted by atomic mass is 9.47. The molecule has 1 N–H and O–H groups in total. The van der Waals surface area contributed by atoms with E-state index >= 15 is 0 Å². The summed E-state index contributed by atoms with van der Waals surface area (Å²) in [4.78, 5) is 0. The van der Waals surface area contributed by atoms with Gasteiger partial charge in [0.1, 0.15) is 0 Å². The van der Waals surface area contributed by atoms with Crippen LogP contribution in [-0.2, 0) is 0 Å². The Morgan fingerprint density at radius 2 is 1.49 bits per heavy atom. The van der Waals surface area contributed by atoms with Crippen molar-refractivity contribution in [3.63, 3.8) is 0 Å². The summed E-state index contributed by atoms with van der Waals surface area (Å²) >= 11 is 0. The maximum Gasteiger partial charge on any atom is 0.0577 e. The molecule has 37 heavy (non-hydrogen) atoms. The average molecular weight is 493 g/mol. The number of rotatable bonds is 4. The van der Waals surface area contributed by atoms with Gasteiger partial charge in [-0.3, -0.25) is 0 Å². The maximum atomic E-state index is 10.3. The summed E-state index contributed by atoms with van der Waals surface area (Å²) in [5, 5.41) is 10.3. The van der Waals surface area contributed by atoms with Crippen LogP contribution in [-0.4, -0.2) is 11.2 Å². The van der Waals surface area contributed by atoms with Crippen molar-refractivity contribution in [3.8, 4) is 0 Å². The molecule has 0 spiro atoms. The molecular formula is C36H44O. The van der Waals surface area contributed by atoms with Crippen molar-refractivity contribution in [2.24, 2.45) is 34.5 Å². The first kappa shape index (κ1) is 24.9. The van der Waals surface area contributed by atoms with Gasteiger partial charge < -0.3 is 5.11 Å². The van der Waals surface area contributed by atoms with Gasteiger partial charge in [0.15, 0.2) is 0 Å². The quantitative estimate of drug-likeness (QED) is 0.333. The predicted octanol–water partition coefficient (Wildman–Crippen LogP) is 9.00. The fraction of sp³-hybridized carbons (Fsp3) is 0.500. The highest BCUT2D eigenvalue weighted by Crippen LogP contribution is 2.67. The molecule has 3 saturated carbocycles. The Hall–Kier alpha value is -2.38. The first-order valence-electron chi connectivity index (χ1n) is 14.8. The second kappa shape index (κ2) is 9.73. The van der Waals surface area contributed by atoms with Gasteiger partial charge in [-0.1, -0.05) is 104 Å². The zero-order valence-electron chi connectivity index (χ0n) is 23.0. The Kier molecular flexibility index (Phi) is 6.56. The van der Waals surface area contributed by atoms with Crippen molar-refractivity contribution in [3.05, 3.63) is 101 Å². The highest BCUT2D eigenvalue weighted by Gasteiger charge is 2.58. The average Bonchev–Trinajstić information content (AvgIpc) is 3.28. The van der Waals surface area contributed by atoms with E-state index < -0.39 is 0 Å². The van der Waals surface area contributed by atoms with Gasteiger partial charge in [-0.25, -0.2) is 0 Å². The number of benzene rings is 2. The zero-order valence-corrected chi connectivity index (χ0v) is 23.0. The summed E-state index contributed by atoms with van der Waals surface area (Å²) in [5.74, 6) is 3.13. The number of hydrogen-bond acceptors (Lipinski definition) is 1. The van der Waals surface area contributed by atoms with E-state index in [9.17, 15) is 5.11 Å². The Balaban J connectivity index is 1.28. The molecule has 0 radical (unpaired) electrons. The number of fused-ring (bicyclic) bond motifs is 5. The monoisotopic (exact) mass is 492 g/mol. The maximum absolute atomic E-state index is 10.3. The first-order valence-corrected chi connectivity index (χ1v) is 14.8. The molecule has 0 bridgehead atoms. The topological polar surface area (TPSA) is 20.2 Å². The van der Waals surface area contributed by atoms with E-state index in [2.05, 4.69) is 99.7 Å². The van der Waals surface area contributed by atoms with E-state index in [4.69, 9.17) is 0 Å². The number of hydrogen-bond donors (Lipinski definition) is 1. The molecule has 7 atom stereocenters. The van der Waals surface area contributed by atoms with Crippen molar-refractivity contribution >= 4 is 5.57 Å². The summed E-state index contributed by atoms with van der Waals surface area (Å²) in [7, 11) is 0. The van der Waals surface area contributed by atoms with Crippen molar-refractivity contribution in [2.75, 3.05) is 0 Å². The van der Waals surface area contributed by atoms with Crippen LogP contribution in [0, 0.1) is 34.5 Å². The van der Waals surface area contributed by atoms with Crippen molar-refractivity contribution in [1.29, 1.82) is 0 Å². The van der Waals surface area contributed by atoms with E-state index in [0.717, 1.165) is 30.6 Å². The van der Waals surface area contributed by atoms with E-state index in [1.165, 1.54) is 55.2 Å². The summed E-state index contributed by atoms with van der Waals surface area (Å²) in [6.45, 7) is 7.58. The van der Waals surface area contributed by atoms with Crippen LogP contribution in [0.15, 0.2) is 90.0 Å². The minimum atomic E-state index is -0.113. The van der Waals surface area contributed by atoms with E-state index in [1.54, 1.807) is 11.1 Å². The molecule has 0 aliphatic heterocycles. The van der Waals surface area contributed by atoms with Gasteiger partial charge in [-0.15, -0.1) is 0 Å². The molecule has 0 heterocycles. The van der Waals surface area contributed by atoms with Gasteiger partial charge in [0.2, 0.25) is 0 Å². The Bertz CT molecular complexity index is 1160. The zero-order chi connectivity index (χ0) is 25.6. The van der Waals surface area contributed by atoms with Crippen LogP contribution in [0.5, 0.6) is 0 Å². The molecule has 3 fully saturated rings. The molecule has 4 aliphatic carbocycles. The third kappa shape index (κ3) is 4.28. The third-order valence-corrected chi connectivity index (χ3v) is 11.3. The van der Waals surface area contributed by atoms with Crippen molar-refractivity contribution in [1.82, 2.24) is 0 Å². The molecule has 4 aliphatic rings. The molecule has 1 heteroatoms. The number of allylic oxidation sites excluding steroid dienone is 4. The summed E-state index contributed by atoms with van der Waals surface area (Å²) < 4.78 is 0. The van der Waals surface area contributed by atoms with Crippen molar-refractivity contribution < 1.29 is 5.11 Å². The molecule has 0 amide bonds. The molecule has 2 aromatic rings. The summed E-state index contributed by atoms with van der Waals surface area (Å²) in [6, 6.07) is 21.7. The fourth-order valence-corrected chi connectivity index (χ4v) is 9.32. The van der Waals surface area contributed by atoms with E-state index in [-0.39, 0.29) is 6.10 Å². The van der Waals surface area contributed by atoms with Gasteiger partial charge in [0, 0.05) is 0 Å². The lowest BCUT2D eigenvalue weighted by Crippen LogP contribution is -2.50. The Morgan fingerprint density at radius 1 is 0.811 bits per heavy atom. The molecule has 1 nitrogen and oxygen atoms in total. The molecule has 0 saturated heterocycles. The molecule has 6 rings (SSSR count). The predicted molar refractivity (Wildman–Crippen MR) is 155 cm³/mol. The molecule has 0 aromatic heterocycles.